The first kappa shape index (κ1) is 17.4. The number of hydrogen-bond donors (Lipinski definition) is 0. The third kappa shape index (κ3) is 2.75. The number of hydrogen-bond acceptors (Lipinski definition) is 3. The van der Waals surface area contributed by atoms with Gasteiger partial charge in [-0.2, -0.15) is 0 Å². The van der Waals surface area contributed by atoms with Crippen molar-refractivity contribution in [2.75, 3.05) is 20.1 Å². The van der Waals surface area contributed by atoms with Crippen molar-refractivity contribution in [2.24, 2.45) is 17.3 Å². The molecule has 3 rings (SSSR count). The maximum absolute atomic E-state index is 13.3. The number of Topliss-reactive ketones (excluding diaryl/α,β-unsaturated/α-hetero) is 1. The van der Waals surface area contributed by atoms with Crippen molar-refractivity contribution in [1.29, 1.82) is 0 Å². The van der Waals surface area contributed by atoms with Crippen LogP contribution in [-0.2, 0) is 24.2 Å². The van der Waals surface area contributed by atoms with Gasteiger partial charge in [0.25, 0.3) is 0 Å². The number of rotatable bonds is 4. The first-order valence-electron chi connectivity index (χ1n) is 9.19. The normalized spacial score (nSPS) is 24.6. The van der Waals surface area contributed by atoms with E-state index in [1.165, 1.54) is 17.0 Å². The number of aldehydes is 1. The second kappa shape index (κ2) is 6.14. The Morgan fingerprint density at radius 3 is 2.67 bits per heavy atom. The molecule has 0 N–H and O–H groups in total. The van der Waals surface area contributed by atoms with Gasteiger partial charge in [-0.3, -0.25) is 4.79 Å². The van der Waals surface area contributed by atoms with E-state index >= 15 is 0 Å². The molecule has 4 heteroatoms. The average Bonchev–Trinajstić information content (AvgIpc) is 2.80. The Morgan fingerprint density at radius 1 is 1.33 bits per heavy atom. The number of ketones is 1. The SMILES string of the molecule is CCc1c2c(n(CC(C)(C)C=O)c1C)CC1CCN(C)CC1C2=O. The standard InChI is InChI=1S/C20H30N2O2/c1-6-15-13(2)22(11-20(3,4)12-23)17-9-14-7-8-21(5)10-16(14)19(24)18(15)17/h12,14,16H,6-11H2,1-5H3. The molecule has 24 heavy (non-hydrogen) atoms. The fraction of sp³-hybridized carbons (Fsp3) is 0.700. The summed E-state index contributed by atoms with van der Waals surface area (Å²) in [5, 5.41) is 0. The first-order valence-corrected chi connectivity index (χ1v) is 9.19. The Hall–Kier alpha value is -1.42. The highest BCUT2D eigenvalue weighted by atomic mass is 16.1. The summed E-state index contributed by atoms with van der Waals surface area (Å²) in [6.07, 6.45) is 3.99. The second-order valence-corrected chi connectivity index (χ2v) is 8.42. The fourth-order valence-electron chi connectivity index (χ4n) is 4.59. The molecule has 2 heterocycles. The molecule has 0 bridgehead atoms. The summed E-state index contributed by atoms with van der Waals surface area (Å²) in [4.78, 5) is 27.0. The highest BCUT2D eigenvalue weighted by Crippen LogP contribution is 2.40. The molecular weight excluding hydrogens is 300 g/mol. The van der Waals surface area contributed by atoms with Gasteiger partial charge < -0.3 is 14.3 Å². The van der Waals surface area contributed by atoms with Gasteiger partial charge in [0.2, 0.25) is 0 Å². The summed E-state index contributed by atoms with van der Waals surface area (Å²) in [5.41, 5.74) is 4.14. The van der Waals surface area contributed by atoms with Gasteiger partial charge in [-0.05, 0) is 51.3 Å². The van der Waals surface area contributed by atoms with Crippen molar-refractivity contribution in [1.82, 2.24) is 9.47 Å². The molecule has 2 aliphatic rings. The molecular formula is C20H30N2O2. The lowest BCUT2D eigenvalue weighted by Crippen LogP contribution is -2.45. The van der Waals surface area contributed by atoms with Gasteiger partial charge in [-0.15, -0.1) is 0 Å². The van der Waals surface area contributed by atoms with E-state index in [0.717, 1.165) is 44.2 Å². The summed E-state index contributed by atoms with van der Waals surface area (Å²) in [5.74, 6) is 0.949. The number of fused-ring (bicyclic) bond motifs is 2. The Morgan fingerprint density at radius 2 is 2.04 bits per heavy atom. The molecule has 1 aliphatic heterocycles. The predicted molar refractivity (Wildman–Crippen MR) is 95.5 cm³/mol. The smallest absolute Gasteiger partial charge is 0.169 e. The number of nitrogens with zero attached hydrogens (tertiary/aromatic N) is 2. The minimum absolute atomic E-state index is 0.149. The van der Waals surface area contributed by atoms with Crippen LogP contribution in [0, 0.1) is 24.2 Å². The quantitative estimate of drug-likeness (QED) is 0.797. The highest BCUT2D eigenvalue weighted by Gasteiger charge is 2.42. The number of aromatic nitrogens is 1. The van der Waals surface area contributed by atoms with Crippen molar-refractivity contribution < 1.29 is 9.59 Å². The summed E-state index contributed by atoms with van der Waals surface area (Å²) in [7, 11) is 2.11. The van der Waals surface area contributed by atoms with Crippen molar-refractivity contribution >= 4 is 12.1 Å². The zero-order valence-corrected chi connectivity index (χ0v) is 15.7. The third-order valence-electron chi connectivity index (χ3n) is 5.99. The van der Waals surface area contributed by atoms with Crippen LogP contribution < -0.4 is 0 Å². The van der Waals surface area contributed by atoms with Crippen LogP contribution in [0.15, 0.2) is 0 Å². The molecule has 0 saturated carbocycles. The molecule has 1 fully saturated rings. The van der Waals surface area contributed by atoms with Crippen LogP contribution in [0.2, 0.25) is 0 Å². The lowest BCUT2D eigenvalue weighted by molar-refractivity contribution is -0.115. The molecule has 1 aromatic heterocycles. The molecule has 132 valence electrons. The van der Waals surface area contributed by atoms with Crippen LogP contribution in [-0.4, -0.2) is 41.7 Å². The highest BCUT2D eigenvalue weighted by molar-refractivity contribution is 6.02. The molecule has 4 nitrogen and oxygen atoms in total. The molecule has 1 aliphatic carbocycles. The summed E-state index contributed by atoms with van der Waals surface area (Å²) in [6, 6.07) is 0. The van der Waals surface area contributed by atoms with E-state index in [-0.39, 0.29) is 5.92 Å². The van der Waals surface area contributed by atoms with E-state index < -0.39 is 5.41 Å². The minimum atomic E-state index is -0.407. The molecule has 1 saturated heterocycles. The summed E-state index contributed by atoms with van der Waals surface area (Å²) >= 11 is 0. The number of likely N-dealkylation sites (tertiary alicyclic amines) is 1. The molecule has 0 aromatic carbocycles. The van der Waals surface area contributed by atoms with E-state index in [1.807, 2.05) is 13.8 Å². The van der Waals surface area contributed by atoms with Crippen LogP contribution in [0.25, 0.3) is 0 Å². The van der Waals surface area contributed by atoms with Gasteiger partial charge in [-0.25, -0.2) is 0 Å². The molecule has 0 radical (unpaired) electrons. The summed E-state index contributed by atoms with van der Waals surface area (Å²) in [6.45, 7) is 10.8. The van der Waals surface area contributed by atoms with Crippen molar-refractivity contribution in [3.63, 3.8) is 0 Å². The number of carbonyl (C=O) groups is 2. The topological polar surface area (TPSA) is 42.3 Å². The largest absolute Gasteiger partial charge is 0.347 e. The predicted octanol–water partition coefficient (Wildman–Crippen LogP) is 2.89. The molecule has 2 unspecified atom stereocenters. The van der Waals surface area contributed by atoms with Crippen LogP contribution in [0.4, 0.5) is 0 Å². The van der Waals surface area contributed by atoms with E-state index in [9.17, 15) is 9.59 Å². The van der Waals surface area contributed by atoms with E-state index in [2.05, 4.69) is 30.4 Å². The zero-order chi connectivity index (χ0) is 17.6. The Kier molecular flexibility index (Phi) is 4.45. The second-order valence-electron chi connectivity index (χ2n) is 8.42. The average molecular weight is 330 g/mol. The van der Waals surface area contributed by atoms with Gasteiger partial charge in [0.05, 0.1) is 0 Å². The van der Waals surface area contributed by atoms with Gasteiger partial charge in [0.1, 0.15) is 6.29 Å². The Labute approximate surface area is 145 Å². The van der Waals surface area contributed by atoms with Gasteiger partial charge in [-0.1, -0.05) is 20.8 Å². The summed E-state index contributed by atoms with van der Waals surface area (Å²) < 4.78 is 2.27. The minimum Gasteiger partial charge on any atom is -0.347 e. The Balaban J connectivity index is 2.08. The van der Waals surface area contributed by atoms with Crippen molar-refractivity contribution in [2.45, 2.75) is 53.5 Å². The molecule has 2 atom stereocenters. The lowest BCUT2D eigenvalue weighted by atomic mass is 9.72. The third-order valence-corrected chi connectivity index (χ3v) is 5.99. The van der Waals surface area contributed by atoms with E-state index in [0.29, 0.717) is 18.2 Å². The van der Waals surface area contributed by atoms with Crippen LogP contribution >= 0.6 is 0 Å². The monoisotopic (exact) mass is 330 g/mol. The van der Waals surface area contributed by atoms with E-state index in [4.69, 9.17) is 0 Å². The van der Waals surface area contributed by atoms with Gasteiger partial charge >= 0.3 is 0 Å². The van der Waals surface area contributed by atoms with Crippen molar-refractivity contribution in [3.8, 4) is 0 Å². The molecule has 1 aromatic rings. The fourth-order valence-corrected chi connectivity index (χ4v) is 4.59. The van der Waals surface area contributed by atoms with Crippen LogP contribution in [0.3, 0.4) is 0 Å². The van der Waals surface area contributed by atoms with Gasteiger partial charge in [0.15, 0.2) is 5.78 Å². The number of carbonyl (C=O) groups excluding carboxylic acids is 2. The first-order chi connectivity index (χ1) is 11.3. The van der Waals surface area contributed by atoms with E-state index in [1.54, 1.807) is 0 Å². The van der Waals surface area contributed by atoms with Crippen LogP contribution in [0.1, 0.15) is 54.5 Å². The maximum Gasteiger partial charge on any atom is 0.169 e. The lowest BCUT2D eigenvalue weighted by Gasteiger charge is -2.39. The number of piperidine rings is 1. The Bertz CT molecular complexity index is 672. The maximum atomic E-state index is 13.3. The van der Waals surface area contributed by atoms with Crippen LogP contribution in [0.5, 0.6) is 0 Å². The molecule has 0 spiro atoms. The zero-order valence-electron chi connectivity index (χ0n) is 15.7. The van der Waals surface area contributed by atoms with Crippen molar-refractivity contribution in [3.05, 3.63) is 22.5 Å². The molecule has 0 amide bonds. The van der Waals surface area contributed by atoms with Gasteiger partial charge in [0, 0.05) is 41.4 Å².